The van der Waals surface area contributed by atoms with Gasteiger partial charge in [0.25, 0.3) is 0 Å². The number of benzene rings is 1. The van der Waals surface area contributed by atoms with Crippen LogP contribution in [-0.2, 0) is 4.79 Å². The topological polar surface area (TPSA) is 54.0 Å². The molecule has 0 radical (unpaired) electrons. The molecule has 0 aliphatic carbocycles. The third kappa shape index (κ3) is 5.09. The Labute approximate surface area is 138 Å². The molecule has 23 heavy (non-hydrogen) atoms. The summed E-state index contributed by atoms with van der Waals surface area (Å²) in [5.74, 6) is 1.57. The highest BCUT2D eigenvalue weighted by Crippen LogP contribution is 2.26. The molecule has 0 aliphatic heterocycles. The molecule has 0 bridgehead atoms. The van der Waals surface area contributed by atoms with Crippen LogP contribution in [0, 0.1) is 5.92 Å². The van der Waals surface area contributed by atoms with Crippen molar-refractivity contribution in [2.75, 3.05) is 10.6 Å². The number of carbonyl (C=O) groups excluding carboxylic acids is 1. The van der Waals surface area contributed by atoms with Gasteiger partial charge in [0.05, 0.1) is 11.9 Å². The van der Waals surface area contributed by atoms with Crippen LogP contribution in [0.3, 0.4) is 0 Å². The van der Waals surface area contributed by atoms with Crippen molar-refractivity contribution in [3.05, 3.63) is 48.2 Å². The fourth-order valence-corrected chi connectivity index (χ4v) is 2.38. The van der Waals surface area contributed by atoms with Crippen LogP contribution in [0.2, 0.25) is 0 Å². The Hall–Kier alpha value is -2.36. The highest BCUT2D eigenvalue weighted by atomic mass is 16.1. The highest BCUT2D eigenvalue weighted by Gasteiger charge is 2.08. The van der Waals surface area contributed by atoms with Gasteiger partial charge in [0, 0.05) is 12.1 Å². The Morgan fingerprint density at radius 1 is 1.09 bits per heavy atom. The van der Waals surface area contributed by atoms with Gasteiger partial charge in [-0.1, -0.05) is 45.9 Å². The van der Waals surface area contributed by atoms with Gasteiger partial charge in [0.15, 0.2) is 0 Å². The van der Waals surface area contributed by atoms with Crippen LogP contribution in [0.15, 0.2) is 42.6 Å². The molecule has 2 aromatic rings. The van der Waals surface area contributed by atoms with Crippen molar-refractivity contribution in [1.29, 1.82) is 0 Å². The SMILES string of the molecule is CC(C)CC(=O)Nc1ccc(Nc2ccccc2C(C)C)nc1. The summed E-state index contributed by atoms with van der Waals surface area (Å²) in [6.45, 7) is 8.39. The molecule has 4 nitrogen and oxygen atoms in total. The van der Waals surface area contributed by atoms with Gasteiger partial charge in [-0.15, -0.1) is 0 Å². The van der Waals surface area contributed by atoms with Gasteiger partial charge in [-0.2, -0.15) is 0 Å². The van der Waals surface area contributed by atoms with E-state index < -0.39 is 0 Å². The number of hydrogen-bond donors (Lipinski definition) is 2. The number of nitrogens with one attached hydrogen (secondary N) is 2. The molecule has 1 amide bonds. The lowest BCUT2D eigenvalue weighted by molar-refractivity contribution is -0.116. The van der Waals surface area contributed by atoms with Crippen LogP contribution < -0.4 is 10.6 Å². The molecule has 1 aromatic carbocycles. The lowest BCUT2D eigenvalue weighted by Gasteiger charge is -2.14. The third-order valence-corrected chi connectivity index (χ3v) is 3.49. The second-order valence-corrected chi connectivity index (χ2v) is 6.45. The van der Waals surface area contributed by atoms with Crippen molar-refractivity contribution in [1.82, 2.24) is 4.98 Å². The number of pyridine rings is 1. The second kappa shape index (κ2) is 7.77. The first-order valence-corrected chi connectivity index (χ1v) is 8.07. The summed E-state index contributed by atoms with van der Waals surface area (Å²) in [6.07, 6.45) is 2.19. The van der Waals surface area contributed by atoms with Crippen molar-refractivity contribution in [3.8, 4) is 0 Å². The van der Waals surface area contributed by atoms with E-state index >= 15 is 0 Å². The summed E-state index contributed by atoms with van der Waals surface area (Å²) >= 11 is 0. The van der Waals surface area contributed by atoms with E-state index in [2.05, 4.69) is 41.6 Å². The smallest absolute Gasteiger partial charge is 0.224 e. The standard InChI is InChI=1S/C19H25N3O/c1-13(2)11-19(23)21-15-9-10-18(20-12-15)22-17-8-6-5-7-16(17)14(3)4/h5-10,12-14H,11H2,1-4H3,(H,20,22)(H,21,23). The Morgan fingerprint density at radius 3 is 2.43 bits per heavy atom. The van der Waals surface area contributed by atoms with E-state index in [1.165, 1.54) is 5.56 Å². The maximum Gasteiger partial charge on any atom is 0.224 e. The number of carbonyl (C=O) groups is 1. The van der Waals surface area contributed by atoms with Crippen LogP contribution in [-0.4, -0.2) is 10.9 Å². The van der Waals surface area contributed by atoms with Crippen LogP contribution in [0.5, 0.6) is 0 Å². The van der Waals surface area contributed by atoms with E-state index in [-0.39, 0.29) is 5.91 Å². The van der Waals surface area contributed by atoms with Crippen LogP contribution in [0.25, 0.3) is 0 Å². The molecule has 2 rings (SSSR count). The van der Waals surface area contributed by atoms with Gasteiger partial charge in [0.2, 0.25) is 5.91 Å². The molecular weight excluding hydrogens is 286 g/mol. The predicted molar refractivity (Wildman–Crippen MR) is 96.1 cm³/mol. The minimum absolute atomic E-state index is 0.0210. The monoisotopic (exact) mass is 311 g/mol. The number of hydrogen-bond acceptors (Lipinski definition) is 3. The lowest BCUT2D eigenvalue weighted by Crippen LogP contribution is -2.14. The number of rotatable bonds is 6. The lowest BCUT2D eigenvalue weighted by atomic mass is 10.0. The van der Waals surface area contributed by atoms with Crippen LogP contribution in [0.4, 0.5) is 17.2 Å². The first-order chi connectivity index (χ1) is 11.0. The van der Waals surface area contributed by atoms with Gasteiger partial charge in [0.1, 0.15) is 5.82 Å². The van der Waals surface area contributed by atoms with Crippen LogP contribution >= 0.6 is 0 Å². The van der Waals surface area contributed by atoms with Gasteiger partial charge in [-0.05, 0) is 35.6 Å². The van der Waals surface area contributed by atoms with E-state index in [0.29, 0.717) is 18.3 Å². The minimum Gasteiger partial charge on any atom is -0.340 e. The Balaban J connectivity index is 2.05. The number of para-hydroxylation sites is 1. The minimum atomic E-state index is 0.0210. The van der Waals surface area contributed by atoms with E-state index in [1.54, 1.807) is 6.20 Å². The Morgan fingerprint density at radius 2 is 1.83 bits per heavy atom. The normalized spacial score (nSPS) is 10.9. The summed E-state index contributed by atoms with van der Waals surface area (Å²) < 4.78 is 0. The molecule has 0 unspecified atom stereocenters. The summed E-state index contributed by atoms with van der Waals surface area (Å²) in [7, 11) is 0. The molecule has 0 aliphatic rings. The molecular formula is C19H25N3O. The first kappa shape index (κ1) is 17.0. The zero-order chi connectivity index (χ0) is 16.8. The van der Waals surface area contributed by atoms with E-state index in [4.69, 9.17) is 0 Å². The Kier molecular flexibility index (Phi) is 5.74. The fraction of sp³-hybridized carbons (Fsp3) is 0.368. The van der Waals surface area contributed by atoms with Gasteiger partial charge >= 0.3 is 0 Å². The largest absolute Gasteiger partial charge is 0.340 e. The van der Waals surface area contributed by atoms with Crippen molar-refractivity contribution in [2.24, 2.45) is 5.92 Å². The maximum absolute atomic E-state index is 11.8. The molecule has 4 heteroatoms. The molecule has 0 saturated carbocycles. The number of aromatic nitrogens is 1. The molecule has 0 spiro atoms. The number of nitrogens with zero attached hydrogens (tertiary/aromatic N) is 1. The van der Waals surface area contributed by atoms with Crippen LogP contribution in [0.1, 0.15) is 45.6 Å². The van der Waals surface area contributed by atoms with Gasteiger partial charge < -0.3 is 10.6 Å². The van der Waals surface area contributed by atoms with Crippen molar-refractivity contribution >= 4 is 23.1 Å². The second-order valence-electron chi connectivity index (χ2n) is 6.45. The summed E-state index contributed by atoms with van der Waals surface area (Å²) in [5, 5.41) is 6.21. The van der Waals surface area contributed by atoms with E-state index in [0.717, 1.165) is 17.2 Å². The molecule has 1 aromatic heterocycles. The van der Waals surface area contributed by atoms with Gasteiger partial charge in [-0.3, -0.25) is 4.79 Å². The fourth-order valence-electron chi connectivity index (χ4n) is 2.38. The van der Waals surface area contributed by atoms with Gasteiger partial charge in [-0.25, -0.2) is 4.98 Å². The number of amides is 1. The zero-order valence-electron chi connectivity index (χ0n) is 14.3. The summed E-state index contributed by atoms with van der Waals surface area (Å²) in [5.41, 5.74) is 3.04. The molecule has 0 fully saturated rings. The molecule has 1 heterocycles. The van der Waals surface area contributed by atoms with E-state index in [1.807, 2.05) is 38.1 Å². The highest BCUT2D eigenvalue weighted by molar-refractivity contribution is 5.90. The maximum atomic E-state index is 11.8. The predicted octanol–water partition coefficient (Wildman–Crippen LogP) is 4.93. The summed E-state index contributed by atoms with van der Waals surface area (Å²) in [6, 6.07) is 12.0. The van der Waals surface area contributed by atoms with E-state index in [9.17, 15) is 4.79 Å². The molecule has 0 saturated heterocycles. The molecule has 0 atom stereocenters. The first-order valence-electron chi connectivity index (χ1n) is 8.07. The summed E-state index contributed by atoms with van der Waals surface area (Å²) in [4.78, 5) is 16.1. The molecule has 2 N–H and O–H groups in total. The van der Waals surface area contributed by atoms with Crippen molar-refractivity contribution in [2.45, 2.75) is 40.0 Å². The quantitative estimate of drug-likeness (QED) is 0.795. The number of anilines is 3. The average molecular weight is 311 g/mol. The average Bonchev–Trinajstić information content (AvgIpc) is 2.48. The zero-order valence-corrected chi connectivity index (χ0v) is 14.3. The van der Waals surface area contributed by atoms with Crippen molar-refractivity contribution < 1.29 is 4.79 Å². The Bertz CT molecular complexity index is 648. The van der Waals surface area contributed by atoms with Crippen molar-refractivity contribution in [3.63, 3.8) is 0 Å². The third-order valence-electron chi connectivity index (χ3n) is 3.49. The molecule has 122 valence electrons.